The van der Waals surface area contributed by atoms with Gasteiger partial charge in [-0.15, -0.1) is 0 Å². The van der Waals surface area contributed by atoms with E-state index in [0.29, 0.717) is 12.1 Å². The van der Waals surface area contributed by atoms with Gasteiger partial charge in [0, 0.05) is 18.6 Å². The zero-order valence-corrected chi connectivity index (χ0v) is 16.1. The quantitative estimate of drug-likeness (QED) is 0.521. The summed E-state index contributed by atoms with van der Waals surface area (Å²) in [5.41, 5.74) is 5.91. The normalized spacial score (nSPS) is 29.2. The highest BCUT2D eigenvalue weighted by Gasteiger charge is 2.22. The molecule has 0 spiro atoms. The van der Waals surface area contributed by atoms with Gasteiger partial charge >= 0.3 is 0 Å². The van der Waals surface area contributed by atoms with E-state index >= 15 is 0 Å². The summed E-state index contributed by atoms with van der Waals surface area (Å²) >= 11 is 0. The minimum Gasteiger partial charge on any atom is -0.354 e. The molecule has 0 saturated heterocycles. The Morgan fingerprint density at radius 1 is 0.720 bits per heavy atom. The summed E-state index contributed by atoms with van der Waals surface area (Å²) in [4.78, 5) is 5.06. The molecule has 2 unspecified atom stereocenters. The van der Waals surface area contributed by atoms with Crippen molar-refractivity contribution in [1.29, 1.82) is 0 Å². The molecule has 0 aromatic heterocycles. The Balaban J connectivity index is 1.55. The van der Waals surface area contributed by atoms with E-state index in [9.17, 15) is 0 Å². The number of nitrogens with zero attached hydrogens (tertiary/aromatic N) is 1. The Morgan fingerprint density at radius 2 is 1.28 bits per heavy atom. The third-order valence-electron chi connectivity index (χ3n) is 6.62. The molecule has 3 aliphatic rings. The van der Waals surface area contributed by atoms with Crippen molar-refractivity contribution >= 4 is 5.96 Å². The maximum Gasteiger partial charge on any atom is 0.191 e. The molecule has 3 aliphatic carbocycles. The molecule has 4 nitrogen and oxygen atoms in total. The van der Waals surface area contributed by atoms with Gasteiger partial charge in [0.05, 0.1) is 0 Å². The van der Waals surface area contributed by atoms with Crippen molar-refractivity contribution < 1.29 is 0 Å². The third-order valence-corrected chi connectivity index (χ3v) is 6.62. The molecule has 144 valence electrons. The maximum atomic E-state index is 5.91. The zero-order valence-electron chi connectivity index (χ0n) is 16.1. The molecule has 4 N–H and O–H groups in total. The van der Waals surface area contributed by atoms with Gasteiger partial charge in [0.15, 0.2) is 5.96 Å². The summed E-state index contributed by atoms with van der Waals surface area (Å²) in [7, 11) is 0. The van der Waals surface area contributed by atoms with Crippen molar-refractivity contribution in [3.05, 3.63) is 0 Å². The van der Waals surface area contributed by atoms with Gasteiger partial charge in [0.2, 0.25) is 0 Å². The predicted molar refractivity (Wildman–Crippen MR) is 107 cm³/mol. The van der Waals surface area contributed by atoms with Crippen LogP contribution in [0.3, 0.4) is 0 Å². The van der Waals surface area contributed by atoms with E-state index in [2.05, 4.69) is 10.6 Å². The number of hydrogen-bond acceptors (Lipinski definition) is 2. The van der Waals surface area contributed by atoms with Crippen LogP contribution in [0, 0.1) is 11.8 Å². The number of nitrogens with two attached hydrogens (primary N) is 1. The first-order valence-corrected chi connectivity index (χ1v) is 11.1. The monoisotopic (exact) mass is 348 g/mol. The van der Waals surface area contributed by atoms with E-state index < -0.39 is 0 Å². The highest BCUT2D eigenvalue weighted by molar-refractivity contribution is 5.80. The lowest BCUT2D eigenvalue weighted by Gasteiger charge is -2.30. The highest BCUT2D eigenvalue weighted by atomic mass is 15.2. The molecule has 2 atom stereocenters. The minimum atomic E-state index is 0.631. The molecule has 0 bridgehead atoms. The number of rotatable bonds is 5. The molecule has 4 heteroatoms. The van der Waals surface area contributed by atoms with Crippen LogP contribution >= 0.6 is 0 Å². The Morgan fingerprint density at radius 3 is 1.84 bits per heavy atom. The molecule has 3 saturated carbocycles. The molecule has 25 heavy (non-hydrogen) atoms. The van der Waals surface area contributed by atoms with Gasteiger partial charge in [-0.05, 0) is 63.3 Å². The molecular formula is C21H40N4. The van der Waals surface area contributed by atoms with Crippen molar-refractivity contribution in [2.75, 3.05) is 13.1 Å². The van der Waals surface area contributed by atoms with Crippen LogP contribution < -0.4 is 16.4 Å². The van der Waals surface area contributed by atoms with Gasteiger partial charge in [-0.3, -0.25) is 4.99 Å². The van der Waals surface area contributed by atoms with Crippen molar-refractivity contribution in [2.24, 2.45) is 22.6 Å². The van der Waals surface area contributed by atoms with E-state index in [1.165, 1.54) is 89.9 Å². The molecule has 3 rings (SSSR count). The average Bonchev–Trinajstić information content (AvgIpc) is 2.68. The first-order valence-electron chi connectivity index (χ1n) is 11.1. The molecule has 0 heterocycles. The summed E-state index contributed by atoms with van der Waals surface area (Å²) in [6, 6.07) is 1.26. The van der Waals surface area contributed by atoms with Crippen LogP contribution in [0.5, 0.6) is 0 Å². The molecule has 0 radical (unpaired) electrons. The SMILES string of the molecule is NCC1CCCC(CN=C(NC2CCCCC2)NC2CCCCC2)C1. The second kappa shape index (κ2) is 10.4. The van der Waals surface area contributed by atoms with Crippen LogP contribution in [0.25, 0.3) is 0 Å². The number of guanidine groups is 1. The summed E-state index contributed by atoms with van der Waals surface area (Å²) in [5, 5.41) is 7.56. The Kier molecular flexibility index (Phi) is 7.90. The van der Waals surface area contributed by atoms with Crippen LogP contribution in [0.1, 0.15) is 89.9 Å². The van der Waals surface area contributed by atoms with Gasteiger partial charge in [-0.2, -0.15) is 0 Å². The highest BCUT2D eigenvalue weighted by Crippen LogP contribution is 2.28. The maximum absolute atomic E-state index is 5.91. The van der Waals surface area contributed by atoms with Gasteiger partial charge in [0.1, 0.15) is 0 Å². The van der Waals surface area contributed by atoms with Crippen LogP contribution in [-0.2, 0) is 0 Å². The molecule has 0 aliphatic heterocycles. The Labute approximate surface area is 154 Å². The average molecular weight is 349 g/mol. The standard InChI is InChI=1S/C21H40N4/c22-15-17-8-7-9-18(14-17)16-23-21(24-19-10-3-1-4-11-19)25-20-12-5-2-6-13-20/h17-20H,1-16,22H2,(H2,23,24,25). The van der Waals surface area contributed by atoms with Crippen molar-refractivity contribution in [3.8, 4) is 0 Å². The van der Waals surface area contributed by atoms with Crippen LogP contribution in [0.2, 0.25) is 0 Å². The summed E-state index contributed by atoms with van der Waals surface area (Å²) in [6.07, 6.45) is 18.8. The van der Waals surface area contributed by atoms with Crippen molar-refractivity contribution in [2.45, 2.75) is 102 Å². The Hall–Kier alpha value is -0.770. The molecule has 0 aromatic rings. The number of nitrogens with one attached hydrogen (secondary N) is 2. The minimum absolute atomic E-state index is 0.631. The van der Waals surface area contributed by atoms with Gasteiger partial charge < -0.3 is 16.4 Å². The van der Waals surface area contributed by atoms with Gasteiger partial charge in [-0.1, -0.05) is 44.9 Å². The van der Waals surface area contributed by atoms with E-state index in [1.807, 2.05) is 0 Å². The van der Waals surface area contributed by atoms with Crippen molar-refractivity contribution in [1.82, 2.24) is 10.6 Å². The smallest absolute Gasteiger partial charge is 0.191 e. The first-order chi connectivity index (χ1) is 12.3. The Bertz CT molecular complexity index is 375. The second-order valence-electron chi connectivity index (χ2n) is 8.78. The van der Waals surface area contributed by atoms with Gasteiger partial charge in [0.25, 0.3) is 0 Å². The summed E-state index contributed by atoms with van der Waals surface area (Å²) in [5.74, 6) is 2.57. The lowest BCUT2D eigenvalue weighted by molar-refractivity contribution is 0.277. The second-order valence-corrected chi connectivity index (χ2v) is 8.78. The molecule has 0 aromatic carbocycles. The van der Waals surface area contributed by atoms with E-state index in [0.717, 1.165) is 30.9 Å². The van der Waals surface area contributed by atoms with E-state index in [-0.39, 0.29) is 0 Å². The van der Waals surface area contributed by atoms with Crippen LogP contribution in [0.15, 0.2) is 4.99 Å². The van der Waals surface area contributed by atoms with Crippen LogP contribution in [0.4, 0.5) is 0 Å². The number of aliphatic imine (C=N–C) groups is 1. The fourth-order valence-electron chi connectivity index (χ4n) is 5.02. The van der Waals surface area contributed by atoms with E-state index in [1.54, 1.807) is 0 Å². The van der Waals surface area contributed by atoms with Crippen LogP contribution in [-0.4, -0.2) is 31.1 Å². The first kappa shape index (κ1) is 19.0. The zero-order chi connectivity index (χ0) is 17.3. The summed E-state index contributed by atoms with van der Waals surface area (Å²) < 4.78 is 0. The third kappa shape index (κ3) is 6.47. The predicted octanol–water partition coefficient (Wildman–Crippen LogP) is 3.95. The summed E-state index contributed by atoms with van der Waals surface area (Å²) in [6.45, 7) is 1.83. The molecule has 3 fully saturated rings. The lowest BCUT2D eigenvalue weighted by Crippen LogP contribution is -2.48. The number of hydrogen-bond donors (Lipinski definition) is 3. The van der Waals surface area contributed by atoms with Crippen molar-refractivity contribution in [3.63, 3.8) is 0 Å². The largest absolute Gasteiger partial charge is 0.354 e. The van der Waals surface area contributed by atoms with Gasteiger partial charge in [-0.25, -0.2) is 0 Å². The lowest BCUT2D eigenvalue weighted by atomic mass is 9.81. The fraction of sp³-hybridized carbons (Fsp3) is 0.952. The fourth-order valence-corrected chi connectivity index (χ4v) is 5.02. The topological polar surface area (TPSA) is 62.4 Å². The van der Waals surface area contributed by atoms with E-state index in [4.69, 9.17) is 10.7 Å². The molecular weight excluding hydrogens is 308 g/mol. The molecule has 0 amide bonds.